The van der Waals surface area contributed by atoms with Crippen LogP contribution in [0, 0.1) is 0 Å². The zero-order valence-electron chi connectivity index (χ0n) is 10.7. The lowest BCUT2D eigenvalue weighted by molar-refractivity contribution is 0.104. The Morgan fingerprint density at radius 2 is 1.81 bits per heavy atom. The van der Waals surface area contributed by atoms with E-state index in [4.69, 9.17) is 23.2 Å². The van der Waals surface area contributed by atoms with Crippen LogP contribution in [0.3, 0.4) is 0 Å². The Morgan fingerprint density at radius 3 is 2.52 bits per heavy atom. The summed E-state index contributed by atoms with van der Waals surface area (Å²) in [5.74, 6) is -0.753. The third-order valence-electron chi connectivity index (χ3n) is 2.72. The van der Waals surface area contributed by atoms with Crippen LogP contribution in [0.4, 0.5) is 0 Å². The van der Waals surface area contributed by atoms with Crippen LogP contribution in [0.1, 0.15) is 15.9 Å². The molecule has 0 aliphatic heterocycles. The van der Waals surface area contributed by atoms with Crippen molar-refractivity contribution in [2.75, 3.05) is 0 Å². The van der Waals surface area contributed by atoms with Crippen LogP contribution in [0.15, 0.2) is 53.3 Å². The molecule has 0 bridgehead atoms. The molecule has 2 aromatic carbocycles. The van der Waals surface area contributed by atoms with Gasteiger partial charge in [-0.3, -0.25) is 9.59 Å². The van der Waals surface area contributed by atoms with Crippen molar-refractivity contribution in [3.05, 3.63) is 79.9 Å². The summed E-state index contributed by atoms with van der Waals surface area (Å²) in [6.07, 6.45) is 2.90. The lowest BCUT2D eigenvalue weighted by Gasteiger charge is -1.97. The average molecular weight is 321 g/mol. The fourth-order valence-corrected chi connectivity index (χ4v) is 1.93. The van der Waals surface area contributed by atoms with Crippen LogP contribution >= 0.6 is 23.2 Å². The van der Waals surface area contributed by atoms with Crippen molar-refractivity contribution in [3.8, 4) is 5.75 Å². The van der Waals surface area contributed by atoms with Crippen molar-refractivity contribution >= 4 is 35.1 Å². The van der Waals surface area contributed by atoms with Gasteiger partial charge in [0.25, 0.3) is 0 Å². The van der Waals surface area contributed by atoms with E-state index in [9.17, 15) is 14.7 Å². The quantitative estimate of drug-likeness (QED) is 0.688. The minimum absolute atomic E-state index is 0.191. The van der Waals surface area contributed by atoms with E-state index in [1.165, 1.54) is 24.3 Å². The average Bonchev–Trinajstić information content (AvgIpc) is 2.62. The molecule has 0 atom stereocenters. The first-order chi connectivity index (χ1) is 9.97. The Hall–Kier alpha value is -2.10. The number of halogens is 2. The van der Waals surface area contributed by atoms with Crippen molar-refractivity contribution in [1.82, 2.24) is 0 Å². The second kappa shape index (κ2) is 6.57. The molecular weight excluding hydrogens is 311 g/mol. The lowest BCUT2D eigenvalue weighted by atomic mass is 10.1. The maximum absolute atomic E-state index is 12.0. The Kier molecular flexibility index (Phi) is 4.78. The SMILES string of the molecule is O=C(/C=C/c1ccc(Cl)c(Cl)c1)c1cccc(O)c(=O)c1. The van der Waals surface area contributed by atoms with Gasteiger partial charge in [0.1, 0.15) is 0 Å². The van der Waals surface area contributed by atoms with E-state index in [-0.39, 0.29) is 11.3 Å². The summed E-state index contributed by atoms with van der Waals surface area (Å²) in [4.78, 5) is 23.4. The van der Waals surface area contributed by atoms with Crippen LogP contribution < -0.4 is 5.43 Å². The van der Waals surface area contributed by atoms with E-state index in [2.05, 4.69) is 0 Å². The predicted octanol–water partition coefficient (Wildman–Crippen LogP) is 3.96. The second-order valence-electron chi connectivity index (χ2n) is 4.25. The largest absolute Gasteiger partial charge is 0.504 e. The normalized spacial score (nSPS) is 10.8. The fourth-order valence-electron chi connectivity index (χ4n) is 1.63. The number of ketones is 1. The van der Waals surface area contributed by atoms with Crippen LogP contribution in [0.2, 0.25) is 10.0 Å². The Morgan fingerprint density at radius 1 is 1.05 bits per heavy atom. The van der Waals surface area contributed by atoms with Crippen molar-refractivity contribution in [1.29, 1.82) is 0 Å². The summed E-state index contributed by atoms with van der Waals surface area (Å²) in [7, 11) is 0. The van der Waals surface area contributed by atoms with Gasteiger partial charge in [0, 0.05) is 11.6 Å². The summed E-state index contributed by atoms with van der Waals surface area (Å²) in [6, 6.07) is 10.2. The van der Waals surface area contributed by atoms with Crippen molar-refractivity contribution < 1.29 is 9.90 Å². The lowest BCUT2D eigenvalue weighted by Crippen LogP contribution is -1.99. The third kappa shape index (κ3) is 3.94. The molecule has 5 heteroatoms. The first-order valence-corrected chi connectivity index (χ1v) is 6.74. The highest BCUT2D eigenvalue weighted by Crippen LogP contribution is 2.23. The standard InChI is InChI=1S/C16H10Cl2O3/c17-12-6-4-10(8-13(12)18)5-7-14(19)11-2-1-3-15(20)16(21)9-11/h1-9H,(H,20,21)/b7-5+. The molecule has 0 aromatic heterocycles. The van der Waals surface area contributed by atoms with Crippen molar-refractivity contribution in [3.63, 3.8) is 0 Å². The molecule has 0 radical (unpaired) electrons. The molecule has 0 saturated heterocycles. The number of allylic oxidation sites excluding steroid dienone is 1. The molecule has 0 spiro atoms. The molecule has 2 aromatic rings. The number of hydrogen-bond acceptors (Lipinski definition) is 3. The van der Waals surface area contributed by atoms with Crippen LogP contribution in [-0.4, -0.2) is 10.9 Å². The predicted molar refractivity (Wildman–Crippen MR) is 84.2 cm³/mol. The molecule has 0 saturated carbocycles. The number of benzene rings is 1. The van der Waals surface area contributed by atoms with Crippen LogP contribution in [0.25, 0.3) is 6.08 Å². The van der Waals surface area contributed by atoms with Gasteiger partial charge in [-0.15, -0.1) is 0 Å². The number of aromatic hydroxyl groups is 1. The summed E-state index contributed by atoms with van der Waals surface area (Å²) in [5, 5.41) is 10.1. The zero-order chi connectivity index (χ0) is 15.4. The van der Waals surface area contributed by atoms with Crippen LogP contribution in [0.5, 0.6) is 5.75 Å². The Bertz CT molecular complexity index is 783. The molecule has 0 fully saturated rings. The van der Waals surface area contributed by atoms with Crippen molar-refractivity contribution in [2.24, 2.45) is 0 Å². The number of hydrogen-bond donors (Lipinski definition) is 1. The number of carbonyl (C=O) groups excluding carboxylic acids is 1. The van der Waals surface area contributed by atoms with E-state index in [1.54, 1.807) is 24.3 Å². The smallest absolute Gasteiger partial charge is 0.220 e. The van der Waals surface area contributed by atoms with Gasteiger partial charge in [0.15, 0.2) is 11.5 Å². The molecule has 0 unspecified atom stereocenters. The third-order valence-corrected chi connectivity index (χ3v) is 3.46. The molecule has 3 nitrogen and oxygen atoms in total. The number of carbonyl (C=O) groups is 1. The highest BCUT2D eigenvalue weighted by molar-refractivity contribution is 6.42. The molecule has 1 N–H and O–H groups in total. The first kappa shape index (κ1) is 15.3. The Balaban J connectivity index is 2.27. The summed E-state index contributed by atoms with van der Waals surface area (Å²) < 4.78 is 0. The van der Waals surface area contributed by atoms with Gasteiger partial charge >= 0.3 is 0 Å². The summed E-state index contributed by atoms with van der Waals surface area (Å²) in [5.41, 5.74) is 0.297. The maximum atomic E-state index is 12.0. The molecule has 21 heavy (non-hydrogen) atoms. The molecule has 0 aliphatic carbocycles. The first-order valence-electron chi connectivity index (χ1n) is 5.98. The Labute approximate surface area is 131 Å². The molecule has 0 heterocycles. The summed E-state index contributed by atoms with van der Waals surface area (Å²) >= 11 is 11.7. The maximum Gasteiger partial charge on any atom is 0.220 e. The summed E-state index contributed by atoms with van der Waals surface area (Å²) in [6.45, 7) is 0. The van der Waals surface area contributed by atoms with Gasteiger partial charge in [-0.25, -0.2) is 0 Å². The minimum atomic E-state index is -0.605. The number of rotatable bonds is 3. The van der Waals surface area contributed by atoms with Gasteiger partial charge in [0.2, 0.25) is 5.43 Å². The van der Waals surface area contributed by atoms with Gasteiger partial charge in [-0.2, -0.15) is 0 Å². The van der Waals surface area contributed by atoms with E-state index in [1.807, 2.05) is 0 Å². The molecular formula is C16H10Cl2O3. The van der Waals surface area contributed by atoms with E-state index in [0.29, 0.717) is 15.6 Å². The zero-order valence-corrected chi connectivity index (χ0v) is 12.2. The highest BCUT2D eigenvalue weighted by Gasteiger charge is 2.03. The molecule has 2 rings (SSSR count). The fraction of sp³-hybridized carbons (Fsp3) is 0. The topological polar surface area (TPSA) is 54.4 Å². The van der Waals surface area contributed by atoms with Gasteiger partial charge in [-0.1, -0.05) is 47.5 Å². The molecule has 0 amide bonds. The van der Waals surface area contributed by atoms with E-state index in [0.717, 1.165) is 6.07 Å². The van der Waals surface area contributed by atoms with Gasteiger partial charge in [0.05, 0.1) is 10.0 Å². The minimum Gasteiger partial charge on any atom is -0.504 e. The highest BCUT2D eigenvalue weighted by atomic mass is 35.5. The van der Waals surface area contributed by atoms with Gasteiger partial charge in [-0.05, 0) is 29.8 Å². The molecule has 106 valence electrons. The van der Waals surface area contributed by atoms with Crippen LogP contribution in [-0.2, 0) is 0 Å². The molecule has 0 aliphatic rings. The second-order valence-corrected chi connectivity index (χ2v) is 5.06. The van der Waals surface area contributed by atoms with E-state index >= 15 is 0 Å². The monoisotopic (exact) mass is 320 g/mol. The van der Waals surface area contributed by atoms with Gasteiger partial charge < -0.3 is 5.11 Å². The van der Waals surface area contributed by atoms with Crippen molar-refractivity contribution in [2.45, 2.75) is 0 Å². The van der Waals surface area contributed by atoms with E-state index < -0.39 is 11.2 Å².